The summed E-state index contributed by atoms with van der Waals surface area (Å²) in [6.07, 6.45) is -4.43. The fourth-order valence-electron chi connectivity index (χ4n) is 4.20. The van der Waals surface area contributed by atoms with Gasteiger partial charge in [-0.3, -0.25) is 14.9 Å². The predicted octanol–water partition coefficient (Wildman–Crippen LogP) is 6.19. The Hall–Kier alpha value is -4.45. The standard InChI is InChI=1S/C27H18F3N3O5S/c28-27(29,30)18-7-5-16(6-8-18)23-14-22(21-13-17-3-1-2-4-24(17)38-26(21)35)31-32(23)25(34)15-39-20-11-9-19(10-12-20)33(36)37/h1-13,23H,14-15H2/t23-/m1/s1. The van der Waals surface area contributed by atoms with Gasteiger partial charge in [-0.05, 0) is 42.0 Å². The SMILES string of the molecule is O=C(CSc1ccc([N+](=O)[O-])cc1)N1N=C(c2cc3ccccc3oc2=O)C[C@@H]1c1ccc(C(F)(F)F)cc1. The van der Waals surface area contributed by atoms with E-state index in [1.54, 1.807) is 30.3 Å². The molecule has 0 radical (unpaired) electrons. The molecule has 1 aromatic heterocycles. The first-order valence-corrected chi connectivity index (χ1v) is 12.6. The van der Waals surface area contributed by atoms with Crippen LogP contribution in [0.3, 0.4) is 0 Å². The van der Waals surface area contributed by atoms with Gasteiger partial charge in [-0.2, -0.15) is 18.3 Å². The Morgan fingerprint density at radius 3 is 2.44 bits per heavy atom. The van der Waals surface area contributed by atoms with Crippen molar-refractivity contribution >= 4 is 40.0 Å². The molecule has 0 unspecified atom stereocenters. The lowest BCUT2D eigenvalue weighted by atomic mass is 9.97. The van der Waals surface area contributed by atoms with Crippen molar-refractivity contribution in [3.63, 3.8) is 0 Å². The zero-order chi connectivity index (χ0) is 27.7. The number of hydrazone groups is 1. The van der Waals surface area contributed by atoms with E-state index in [0.717, 1.165) is 23.9 Å². The normalized spacial score (nSPS) is 15.4. The number of hydrogen-bond donors (Lipinski definition) is 0. The van der Waals surface area contributed by atoms with Crippen molar-refractivity contribution in [2.45, 2.75) is 23.5 Å². The molecular formula is C27H18F3N3O5S. The van der Waals surface area contributed by atoms with Gasteiger partial charge in [0.15, 0.2) is 0 Å². The maximum Gasteiger partial charge on any atom is 0.416 e. The Labute approximate surface area is 222 Å². The van der Waals surface area contributed by atoms with Crippen molar-refractivity contribution in [3.05, 3.63) is 116 Å². The van der Waals surface area contributed by atoms with Gasteiger partial charge in [0.25, 0.3) is 11.6 Å². The number of nitro groups is 1. The molecule has 198 valence electrons. The molecule has 0 fully saturated rings. The van der Waals surface area contributed by atoms with Crippen LogP contribution in [0.25, 0.3) is 11.0 Å². The van der Waals surface area contributed by atoms with Crippen molar-refractivity contribution in [2.75, 3.05) is 5.75 Å². The number of rotatable bonds is 6. The van der Waals surface area contributed by atoms with E-state index in [0.29, 0.717) is 21.4 Å². The molecule has 3 aromatic carbocycles. The molecule has 1 aliphatic rings. The monoisotopic (exact) mass is 553 g/mol. The summed E-state index contributed by atoms with van der Waals surface area (Å²) in [5.74, 6) is -0.554. The number of fused-ring (bicyclic) bond motifs is 1. The van der Waals surface area contributed by atoms with Crippen LogP contribution in [0.1, 0.15) is 29.2 Å². The van der Waals surface area contributed by atoms with Crippen molar-refractivity contribution in [1.29, 1.82) is 0 Å². The van der Waals surface area contributed by atoms with Crippen LogP contribution in [-0.2, 0) is 11.0 Å². The maximum absolute atomic E-state index is 13.3. The van der Waals surface area contributed by atoms with Crippen LogP contribution in [0.4, 0.5) is 18.9 Å². The van der Waals surface area contributed by atoms with Gasteiger partial charge in [0.1, 0.15) is 5.58 Å². The average molecular weight is 554 g/mol. The second-order valence-corrected chi connectivity index (χ2v) is 9.70. The van der Waals surface area contributed by atoms with Gasteiger partial charge >= 0.3 is 11.8 Å². The van der Waals surface area contributed by atoms with Gasteiger partial charge in [0.2, 0.25) is 0 Å². The minimum Gasteiger partial charge on any atom is -0.422 e. The van der Waals surface area contributed by atoms with E-state index < -0.39 is 34.2 Å². The van der Waals surface area contributed by atoms with Gasteiger partial charge in [-0.15, -0.1) is 11.8 Å². The van der Waals surface area contributed by atoms with Gasteiger partial charge < -0.3 is 4.42 Å². The van der Waals surface area contributed by atoms with Crippen LogP contribution in [0.2, 0.25) is 0 Å². The van der Waals surface area contributed by atoms with Gasteiger partial charge in [0.05, 0.1) is 33.6 Å². The molecule has 0 saturated heterocycles. The smallest absolute Gasteiger partial charge is 0.416 e. The number of nitro benzene ring substituents is 1. The number of halogens is 3. The Balaban J connectivity index is 1.45. The third-order valence-corrected chi connectivity index (χ3v) is 7.15. The molecule has 1 atom stereocenters. The second kappa shape index (κ2) is 10.4. The summed E-state index contributed by atoms with van der Waals surface area (Å²) in [6, 6.07) is 17.9. The third-order valence-electron chi connectivity index (χ3n) is 6.15. The largest absolute Gasteiger partial charge is 0.422 e. The summed E-state index contributed by atoms with van der Waals surface area (Å²) in [7, 11) is 0. The van der Waals surface area contributed by atoms with Crippen molar-refractivity contribution in [3.8, 4) is 0 Å². The zero-order valence-electron chi connectivity index (χ0n) is 19.9. The van der Waals surface area contributed by atoms with E-state index in [1.807, 2.05) is 0 Å². The maximum atomic E-state index is 13.3. The first-order chi connectivity index (χ1) is 18.6. The van der Waals surface area contributed by atoms with Crippen LogP contribution in [0.15, 0.2) is 98.1 Å². The average Bonchev–Trinajstić information content (AvgIpc) is 3.36. The fraction of sp³-hybridized carbons (Fsp3) is 0.148. The first kappa shape index (κ1) is 26.2. The summed E-state index contributed by atoms with van der Waals surface area (Å²) < 4.78 is 44.8. The summed E-state index contributed by atoms with van der Waals surface area (Å²) in [5, 5.41) is 17.1. The number of amides is 1. The highest BCUT2D eigenvalue weighted by Crippen LogP contribution is 2.36. The lowest BCUT2D eigenvalue weighted by Gasteiger charge is -2.22. The molecule has 0 bridgehead atoms. The van der Waals surface area contributed by atoms with Crippen molar-refractivity contribution in [2.24, 2.45) is 5.10 Å². The Morgan fingerprint density at radius 1 is 1.08 bits per heavy atom. The number of para-hydroxylation sites is 1. The van der Waals surface area contributed by atoms with E-state index in [9.17, 15) is 32.9 Å². The molecule has 12 heteroatoms. The molecule has 0 saturated carbocycles. The number of alkyl halides is 3. The van der Waals surface area contributed by atoms with Gasteiger partial charge in [-0.1, -0.05) is 30.3 Å². The van der Waals surface area contributed by atoms with E-state index in [-0.39, 0.29) is 29.1 Å². The predicted molar refractivity (Wildman–Crippen MR) is 138 cm³/mol. The van der Waals surface area contributed by atoms with Crippen molar-refractivity contribution < 1.29 is 27.3 Å². The molecule has 0 spiro atoms. The van der Waals surface area contributed by atoms with Crippen LogP contribution < -0.4 is 5.63 Å². The number of benzene rings is 3. The van der Waals surface area contributed by atoms with Gasteiger partial charge in [-0.25, -0.2) is 9.80 Å². The van der Waals surface area contributed by atoms with Crippen molar-refractivity contribution in [1.82, 2.24) is 5.01 Å². The quantitative estimate of drug-likeness (QED) is 0.122. The molecule has 5 rings (SSSR count). The highest BCUT2D eigenvalue weighted by atomic mass is 32.2. The van der Waals surface area contributed by atoms with Crippen LogP contribution in [0, 0.1) is 10.1 Å². The molecule has 0 N–H and O–H groups in total. The lowest BCUT2D eigenvalue weighted by molar-refractivity contribution is -0.384. The highest BCUT2D eigenvalue weighted by Gasteiger charge is 2.35. The highest BCUT2D eigenvalue weighted by molar-refractivity contribution is 8.00. The van der Waals surface area contributed by atoms with Crippen LogP contribution >= 0.6 is 11.8 Å². The van der Waals surface area contributed by atoms with Gasteiger partial charge in [0, 0.05) is 28.8 Å². The number of hydrogen-bond acceptors (Lipinski definition) is 7. The first-order valence-electron chi connectivity index (χ1n) is 11.6. The fourth-order valence-corrected chi connectivity index (χ4v) is 4.95. The van der Waals surface area contributed by atoms with E-state index in [2.05, 4.69) is 5.10 Å². The number of nitrogens with zero attached hydrogens (tertiary/aromatic N) is 3. The Morgan fingerprint density at radius 2 is 1.77 bits per heavy atom. The molecular weight excluding hydrogens is 535 g/mol. The van der Waals surface area contributed by atoms with Crippen LogP contribution in [-0.4, -0.2) is 27.3 Å². The summed E-state index contributed by atoms with van der Waals surface area (Å²) in [6.45, 7) is 0. The molecule has 2 heterocycles. The molecule has 39 heavy (non-hydrogen) atoms. The molecule has 1 amide bonds. The lowest BCUT2D eigenvalue weighted by Crippen LogP contribution is -2.28. The van der Waals surface area contributed by atoms with E-state index in [1.165, 1.54) is 41.4 Å². The van der Waals surface area contributed by atoms with E-state index in [4.69, 9.17) is 4.42 Å². The number of non-ortho nitro benzene ring substituents is 1. The second-order valence-electron chi connectivity index (χ2n) is 8.65. The Bertz CT molecular complexity index is 1650. The molecule has 4 aromatic rings. The number of thioether (sulfide) groups is 1. The molecule has 1 aliphatic heterocycles. The molecule has 0 aliphatic carbocycles. The minimum absolute atomic E-state index is 0.0857. The zero-order valence-corrected chi connectivity index (χ0v) is 20.7. The third kappa shape index (κ3) is 5.55. The number of carbonyl (C=O) groups is 1. The van der Waals surface area contributed by atoms with Crippen LogP contribution in [0.5, 0.6) is 0 Å². The topological polar surface area (TPSA) is 106 Å². The molecule has 8 nitrogen and oxygen atoms in total. The number of carbonyl (C=O) groups excluding carboxylic acids is 1. The summed E-state index contributed by atoms with van der Waals surface area (Å²) in [4.78, 5) is 37.0. The summed E-state index contributed by atoms with van der Waals surface area (Å²) >= 11 is 1.13. The summed E-state index contributed by atoms with van der Waals surface area (Å²) in [5.41, 5.74) is -0.328. The Kier molecular flexibility index (Phi) is 6.96. The van der Waals surface area contributed by atoms with E-state index >= 15 is 0 Å². The minimum atomic E-state index is -4.52.